The number of benzene rings is 4. The highest BCUT2D eigenvalue weighted by atomic mass is 19.4. The van der Waals surface area contributed by atoms with Gasteiger partial charge in [-0.05, 0) is 150 Å². The van der Waals surface area contributed by atoms with Gasteiger partial charge in [-0.3, -0.25) is 9.59 Å². The molecule has 6 saturated heterocycles. The average Bonchev–Trinajstić information content (AvgIpc) is 0.957. The first kappa shape index (κ1) is 78.9. The van der Waals surface area contributed by atoms with Crippen molar-refractivity contribution in [2.24, 2.45) is 22.7 Å². The Hall–Kier alpha value is -10.4. The highest BCUT2D eigenvalue weighted by molar-refractivity contribution is 6.06. The molecule has 2 amide bonds. The second-order valence-electron chi connectivity index (χ2n) is 30.8. The summed E-state index contributed by atoms with van der Waals surface area (Å²) in [4.78, 5) is 60.8. The van der Waals surface area contributed by atoms with Gasteiger partial charge in [-0.2, -0.15) is 72.6 Å². The van der Waals surface area contributed by atoms with E-state index in [1.807, 2.05) is 9.80 Å². The molecule has 0 spiro atoms. The first-order valence-corrected chi connectivity index (χ1v) is 36.9. The molecule has 0 unspecified atom stereocenters. The van der Waals surface area contributed by atoms with E-state index in [-0.39, 0.29) is 229 Å². The quantitative estimate of drug-likeness (QED) is 0.0681. The summed E-state index contributed by atoms with van der Waals surface area (Å²) in [6.45, 7) is 1.67. The van der Waals surface area contributed by atoms with E-state index in [4.69, 9.17) is 31.8 Å². The molecule has 8 fully saturated rings. The Bertz CT molecular complexity index is 4900. The van der Waals surface area contributed by atoms with Gasteiger partial charge in [0.15, 0.2) is 11.6 Å². The minimum Gasteiger partial charge on any atom is -0.508 e. The molecular formula is C78H72F16N12O8. The number of piperidine rings is 2. The Labute approximate surface area is 639 Å². The normalized spacial score (nSPS) is 21.3. The molecule has 8 aliphatic rings. The molecule has 8 aromatic rings. The van der Waals surface area contributed by atoms with Crippen LogP contribution in [0.25, 0.3) is 65.9 Å². The Morgan fingerprint density at radius 3 is 1.13 bits per heavy atom. The van der Waals surface area contributed by atoms with Gasteiger partial charge in [-0.1, -0.05) is 24.0 Å². The van der Waals surface area contributed by atoms with E-state index < -0.39 is 118 Å². The zero-order valence-corrected chi connectivity index (χ0v) is 61.0. The zero-order valence-electron chi connectivity index (χ0n) is 61.0. The molecule has 2 saturated carbocycles. The summed E-state index contributed by atoms with van der Waals surface area (Å²) in [6.07, 6.45) is -3.39. The van der Waals surface area contributed by atoms with Crippen molar-refractivity contribution in [1.29, 1.82) is 0 Å². The van der Waals surface area contributed by atoms with Crippen LogP contribution in [0, 0.1) is 70.6 Å². The fourth-order valence-electron chi connectivity index (χ4n) is 17.3. The number of rotatable bonds is 16. The number of hydrogen-bond acceptors (Lipinski definition) is 18. The molecule has 4 atom stereocenters. The molecule has 4 bridgehead atoms. The lowest BCUT2D eigenvalue weighted by Gasteiger charge is -2.42. The highest BCUT2D eigenvalue weighted by Crippen LogP contribution is 2.52. The summed E-state index contributed by atoms with van der Waals surface area (Å²) in [5, 5.41) is 21.9. The van der Waals surface area contributed by atoms with Gasteiger partial charge in [-0.25, -0.2) is 27.5 Å². The van der Waals surface area contributed by atoms with Gasteiger partial charge in [0.25, 0.3) is 0 Å². The number of anilines is 2. The highest BCUT2D eigenvalue weighted by Gasteiger charge is 2.55. The Balaban J connectivity index is 0.000000180. The van der Waals surface area contributed by atoms with Crippen molar-refractivity contribution < 1.29 is 109 Å². The fraction of sp³-hybridized carbons (Fsp3) is 0.487. The standard InChI is InChI=1S/2C39H36F8N6O4/c2*1-3-25-27(40)7-4-20-14-24(54)15-26(28(20)25)31-30(41)32-29(34(48-31)56-2)33(52-16-22-5-6-23(17-52)53(22)35(55)39(45,46)47)50-36(49-32)57-19-37(10-11-37)18-51-12-8-21(9-13-51)38(42,43)44/h2*1,4,7,14-15,21-23,54H,5-6,8-13,16-19H2,2H3/t2*22-,23+. The molecule has 2 N–H and O–H groups in total. The number of likely N-dealkylation sites (tertiary alicyclic amines) is 2. The summed E-state index contributed by atoms with van der Waals surface area (Å²) in [5.41, 5.74) is -3.02. The van der Waals surface area contributed by atoms with Crippen molar-refractivity contribution in [2.45, 2.75) is 126 Å². The van der Waals surface area contributed by atoms with E-state index in [0.29, 0.717) is 38.8 Å². The molecule has 4 aromatic carbocycles. The fourth-order valence-corrected chi connectivity index (χ4v) is 17.3. The first-order chi connectivity index (χ1) is 54.0. The van der Waals surface area contributed by atoms with E-state index in [9.17, 15) is 72.5 Å². The average molecular weight is 1610 g/mol. The molecule has 20 nitrogen and oxygen atoms in total. The summed E-state index contributed by atoms with van der Waals surface area (Å²) < 4.78 is 249. The minimum atomic E-state index is -5.08. The number of phenols is 2. The van der Waals surface area contributed by atoms with E-state index in [1.54, 1.807) is 9.80 Å². The van der Waals surface area contributed by atoms with Crippen LogP contribution in [0.15, 0.2) is 48.5 Å². The van der Waals surface area contributed by atoms with Gasteiger partial charge in [0.2, 0.25) is 11.8 Å². The number of ether oxygens (including phenoxy) is 4. The van der Waals surface area contributed by atoms with Gasteiger partial charge in [-0.15, -0.1) is 12.8 Å². The number of phenolic OH excluding ortho intramolecular Hbond substituents is 2. The van der Waals surface area contributed by atoms with Crippen LogP contribution >= 0.6 is 0 Å². The molecule has 2 aliphatic carbocycles. The number of fused-ring (bicyclic) bond motifs is 8. The number of carbonyl (C=O) groups excluding carboxylic acids is 2. The number of nitrogens with zero attached hydrogens (tertiary/aromatic N) is 12. The van der Waals surface area contributed by atoms with Crippen LogP contribution in [-0.2, 0) is 9.59 Å². The monoisotopic (exact) mass is 1610 g/mol. The maximum absolute atomic E-state index is 17.2. The van der Waals surface area contributed by atoms with E-state index >= 15 is 17.6 Å². The molecule has 604 valence electrons. The Morgan fingerprint density at radius 1 is 0.491 bits per heavy atom. The van der Waals surface area contributed by atoms with Gasteiger partial charge < -0.3 is 58.6 Å². The van der Waals surface area contributed by atoms with Gasteiger partial charge >= 0.3 is 48.5 Å². The molecule has 36 heteroatoms. The Morgan fingerprint density at radius 2 is 0.833 bits per heavy atom. The third-order valence-corrected chi connectivity index (χ3v) is 23.4. The summed E-state index contributed by atoms with van der Waals surface area (Å²) in [5.74, 6) is -6.67. The van der Waals surface area contributed by atoms with Crippen LogP contribution in [0.2, 0.25) is 0 Å². The van der Waals surface area contributed by atoms with Crippen LogP contribution in [-0.4, -0.2) is 213 Å². The van der Waals surface area contributed by atoms with Crippen molar-refractivity contribution in [3.63, 3.8) is 0 Å². The van der Waals surface area contributed by atoms with Crippen LogP contribution in [0.3, 0.4) is 0 Å². The topological polar surface area (TPSA) is 208 Å². The number of pyridine rings is 2. The lowest BCUT2D eigenvalue weighted by molar-refractivity contribution is -0.189. The predicted octanol–water partition coefficient (Wildman–Crippen LogP) is 14.0. The smallest absolute Gasteiger partial charge is 0.471 e. The Kier molecular flexibility index (Phi) is 20.4. The van der Waals surface area contributed by atoms with Gasteiger partial charge in [0, 0.05) is 72.0 Å². The lowest BCUT2D eigenvalue weighted by atomic mass is 9.95. The number of hydrogen-bond donors (Lipinski definition) is 2. The summed E-state index contributed by atoms with van der Waals surface area (Å²) in [7, 11) is 2.51. The maximum Gasteiger partial charge on any atom is 0.471 e. The van der Waals surface area contributed by atoms with Gasteiger partial charge in [0.05, 0.1) is 74.6 Å². The second-order valence-corrected chi connectivity index (χ2v) is 30.8. The third kappa shape index (κ3) is 15.0. The zero-order chi connectivity index (χ0) is 81.2. The van der Waals surface area contributed by atoms with Crippen molar-refractivity contribution in [3.05, 3.63) is 82.9 Å². The second kappa shape index (κ2) is 29.5. The first-order valence-electron chi connectivity index (χ1n) is 36.9. The van der Waals surface area contributed by atoms with Crippen LogP contribution < -0.4 is 28.7 Å². The molecule has 10 heterocycles. The minimum absolute atomic E-state index is 0.0111. The maximum atomic E-state index is 17.2. The van der Waals surface area contributed by atoms with E-state index in [2.05, 4.69) is 41.7 Å². The number of piperazine rings is 2. The van der Waals surface area contributed by atoms with Crippen molar-refractivity contribution in [2.75, 3.05) is 103 Å². The summed E-state index contributed by atoms with van der Waals surface area (Å²) >= 11 is 0. The number of aromatic nitrogens is 6. The van der Waals surface area contributed by atoms with Crippen LogP contribution in [0.4, 0.5) is 81.9 Å². The van der Waals surface area contributed by atoms with Crippen LogP contribution in [0.5, 0.6) is 35.3 Å². The number of halogens is 16. The molecule has 6 aliphatic heterocycles. The third-order valence-electron chi connectivity index (χ3n) is 23.4. The molecular weight excluding hydrogens is 1540 g/mol. The number of terminal acetylenes is 2. The van der Waals surface area contributed by atoms with Crippen molar-refractivity contribution in [1.82, 2.24) is 49.5 Å². The number of methoxy groups -OCH3 is 2. The van der Waals surface area contributed by atoms with Crippen molar-refractivity contribution >= 4 is 66.8 Å². The van der Waals surface area contributed by atoms with Gasteiger partial charge in [0.1, 0.15) is 68.0 Å². The number of aromatic hydroxyl groups is 2. The summed E-state index contributed by atoms with van der Waals surface area (Å²) in [6, 6.07) is 5.96. The molecule has 4 aromatic heterocycles. The van der Waals surface area contributed by atoms with E-state index in [1.165, 1.54) is 50.6 Å². The number of alkyl halides is 12. The molecule has 114 heavy (non-hydrogen) atoms. The molecule has 16 rings (SSSR count). The number of carbonyl (C=O) groups is 2. The predicted molar refractivity (Wildman–Crippen MR) is 381 cm³/mol. The SMILES string of the molecule is C#Cc1c(F)ccc2cc(O)cc(-c3nc(OC)c4c(N5C[C@H]6CC[C@@H](C5)N6C(=O)C(F)(F)F)nc(OCC5(CN6CCC(C(F)(F)F)CC6)CC5)nc4c3F)c12.C#Cc1c(F)ccc2cc(O)cc(-c3nc(OC)c4c(N5C[C@H]6CC[C@@H](C5)N6C(=O)C(F)(F)F)nc(OCC5(CN6CCC(C(F)(F)F)CC6)CC5)nc4c3F)c12. The van der Waals surface area contributed by atoms with Crippen molar-refractivity contribution in [3.8, 4) is 82.5 Å². The number of amides is 2. The lowest BCUT2D eigenvalue weighted by Crippen LogP contribution is -2.59. The van der Waals surface area contributed by atoms with Crippen LogP contribution in [0.1, 0.15) is 88.2 Å². The van der Waals surface area contributed by atoms with E-state index in [0.717, 1.165) is 21.9 Å². The largest absolute Gasteiger partial charge is 0.508 e. The molecule has 0 radical (unpaired) electrons.